The van der Waals surface area contributed by atoms with Gasteiger partial charge in [-0.2, -0.15) is 5.10 Å². The van der Waals surface area contributed by atoms with Crippen LogP contribution in [-0.2, 0) is 6.42 Å². The molecule has 1 saturated carbocycles. The molecular formula is C18H33N3. The highest BCUT2D eigenvalue weighted by Crippen LogP contribution is 2.35. The lowest BCUT2D eigenvalue weighted by atomic mass is 9.81. The van der Waals surface area contributed by atoms with E-state index in [1.54, 1.807) is 0 Å². The van der Waals surface area contributed by atoms with Crippen LogP contribution in [0.5, 0.6) is 0 Å². The minimum atomic E-state index is 0.536. The third-order valence-corrected chi connectivity index (χ3v) is 5.30. The number of nitrogens with zero attached hydrogens (tertiary/aromatic N) is 2. The maximum absolute atomic E-state index is 4.91. The summed E-state index contributed by atoms with van der Waals surface area (Å²) in [6, 6.07) is 1.13. The van der Waals surface area contributed by atoms with Gasteiger partial charge in [-0.1, -0.05) is 27.2 Å². The number of aryl methyl sites for hydroxylation is 1. The molecule has 0 saturated heterocycles. The van der Waals surface area contributed by atoms with E-state index in [0.717, 1.165) is 18.9 Å². The molecule has 0 spiro atoms. The molecule has 120 valence electrons. The first-order valence-corrected chi connectivity index (χ1v) is 8.90. The minimum absolute atomic E-state index is 0.536. The molecule has 1 aromatic rings. The van der Waals surface area contributed by atoms with Gasteiger partial charge >= 0.3 is 0 Å². The summed E-state index contributed by atoms with van der Waals surface area (Å²) in [5, 5.41) is 8.69. The molecule has 0 radical (unpaired) electrons. The molecule has 0 aliphatic heterocycles. The second-order valence-electron chi connectivity index (χ2n) is 6.66. The fourth-order valence-corrected chi connectivity index (χ4v) is 3.97. The van der Waals surface area contributed by atoms with E-state index in [2.05, 4.69) is 44.6 Å². The largest absolute Gasteiger partial charge is 0.312 e. The van der Waals surface area contributed by atoms with Crippen molar-refractivity contribution in [2.75, 3.05) is 6.54 Å². The number of nitrogens with one attached hydrogen (secondary N) is 1. The van der Waals surface area contributed by atoms with Crippen molar-refractivity contribution in [1.82, 2.24) is 15.1 Å². The van der Waals surface area contributed by atoms with E-state index in [-0.39, 0.29) is 0 Å². The van der Waals surface area contributed by atoms with Gasteiger partial charge in [0.25, 0.3) is 0 Å². The van der Waals surface area contributed by atoms with E-state index >= 15 is 0 Å². The first kappa shape index (κ1) is 16.5. The monoisotopic (exact) mass is 291 g/mol. The van der Waals surface area contributed by atoms with Crippen molar-refractivity contribution in [3.05, 3.63) is 17.0 Å². The van der Waals surface area contributed by atoms with Crippen molar-refractivity contribution >= 4 is 0 Å². The molecule has 1 fully saturated rings. The molecular weight excluding hydrogens is 258 g/mol. The first-order chi connectivity index (χ1) is 10.1. The Morgan fingerprint density at radius 3 is 2.52 bits per heavy atom. The third-order valence-electron chi connectivity index (χ3n) is 5.30. The number of hydrogen-bond donors (Lipinski definition) is 1. The van der Waals surface area contributed by atoms with Crippen molar-refractivity contribution in [2.24, 2.45) is 5.92 Å². The van der Waals surface area contributed by atoms with Gasteiger partial charge in [0.05, 0.1) is 11.7 Å². The summed E-state index contributed by atoms with van der Waals surface area (Å²) in [5.74, 6) is 0.864. The molecule has 21 heavy (non-hydrogen) atoms. The standard InChI is InChI=1S/C18H33N3/c1-6-11-19-17-10-9-15(7-2)12-18(17)21-14(5)16(8-3)13(4)20-21/h15,17-19H,6-12H2,1-5H3. The Hall–Kier alpha value is -0.830. The van der Waals surface area contributed by atoms with Gasteiger partial charge < -0.3 is 5.32 Å². The van der Waals surface area contributed by atoms with Crippen molar-refractivity contribution in [1.29, 1.82) is 0 Å². The molecule has 3 atom stereocenters. The summed E-state index contributed by atoms with van der Waals surface area (Å²) in [5.41, 5.74) is 4.06. The molecule has 3 unspecified atom stereocenters. The van der Waals surface area contributed by atoms with Crippen molar-refractivity contribution in [3.8, 4) is 0 Å². The fraction of sp³-hybridized carbons (Fsp3) is 0.833. The van der Waals surface area contributed by atoms with Gasteiger partial charge in [-0.15, -0.1) is 0 Å². The Bertz CT molecular complexity index is 450. The molecule has 3 nitrogen and oxygen atoms in total. The lowest BCUT2D eigenvalue weighted by Gasteiger charge is -2.37. The van der Waals surface area contributed by atoms with Gasteiger partial charge in [0.1, 0.15) is 0 Å². The van der Waals surface area contributed by atoms with Crippen LogP contribution in [0.2, 0.25) is 0 Å². The Morgan fingerprint density at radius 1 is 1.19 bits per heavy atom. The highest BCUT2D eigenvalue weighted by molar-refractivity contribution is 5.25. The van der Waals surface area contributed by atoms with Crippen LogP contribution < -0.4 is 5.32 Å². The molecule has 3 heteroatoms. The molecule has 1 aromatic heterocycles. The van der Waals surface area contributed by atoms with Crippen LogP contribution in [0.3, 0.4) is 0 Å². The van der Waals surface area contributed by atoms with Gasteiger partial charge in [0.15, 0.2) is 0 Å². The Balaban J connectivity index is 2.26. The van der Waals surface area contributed by atoms with E-state index in [0.29, 0.717) is 12.1 Å². The minimum Gasteiger partial charge on any atom is -0.312 e. The van der Waals surface area contributed by atoms with Gasteiger partial charge in [0, 0.05) is 11.7 Å². The number of aromatic nitrogens is 2. The Kier molecular flexibility index (Phi) is 5.86. The highest BCUT2D eigenvalue weighted by Gasteiger charge is 2.32. The van der Waals surface area contributed by atoms with E-state index in [1.807, 2.05) is 0 Å². The van der Waals surface area contributed by atoms with Crippen LogP contribution in [0, 0.1) is 19.8 Å². The summed E-state index contributed by atoms with van der Waals surface area (Å²) in [6.45, 7) is 12.4. The molecule has 1 aliphatic carbocycles. The highest BCUT2D eigenvalue weighted by atomic mass is 15.3. The molecule has 1 heterocycles. The summed E-state index contributed by atoms with van der Waals surface area (Å²) in [4.78, 5) is 0. The smallest absolute Gasteiger partial charge is 0.0678 e. The zero-order chi connectivity index (χ0) is 15.4. The number of hydrogen-bond acceptors (Lipinski definition) is 2. The summed E-state index contributed by atoms with van der Waals surface area (Å²) in [6.07, 6.45) is 7.55. The van der Waals surface area contributed by atoms with E-state index < -0.39 is 0 Å². The van der Waals surface area contributed by atoms with Crippen LogP contribution in [-0.4, -0.2) is 22.4 Å². The fourth-order valence-electron chi connectivity index (χ4n) is 3.97. The second-order valence-corrected chi connectivity index (χ2v) is 6.66. The number of rotatable bonds is 6. The predicted octanol–water partition coefficient (Wildman–Crippen LogP) is 4.18. The molecule has 1 aliphatic rings. The SMILES string of the molecule is CCCNC1CCC(CC)CC1n1nc(C)c(CC)c1C. The van der Waals surface area contributed by atoms with E-state index in [4.69, 9.17) is 5.10 Å². The lowest BCUT2D eigenvalue weighted by Crippen LogP contribution is -2.42. The molecule has 0 aromatic carbocycles. The molecule has 1 N–H and O–H groups in total. The Morgan fingerprint density at radius 2 is 1.95 bits per heavy atom. The quantitative estimate of drug-likeness (QED) is 0.852. The van der Waals surface area contributed by atoms with Gasteiger partial charge in [-0.05, 0) is 64.0 Å². The average molecular weight is 291 g/mol. The maximum Gasteiger partial charge on any atom is 0.0678 e. The van der Waals surface area contributed by atoms with Crippen LogP contribution in [0.15, 0.2) is 0 Å². The Labute approximate surface area is 130 Å². The maximum atomic E-state index is 4.91. The van der Waals surface area contributed by atoms with Crippen LogP contribution >= 0.6 is 0 Å². The first-order valence-electron chi connectivity index (χ1n) is 8.90. The van der Waals surface area contributed by atoms with Gasteiger partial charge in [0.2, 0.25) is 0 Å². The zero-order valence-corrected chi connectivity index (χ0v) is 14.6. The van der Waals surface area contributed by atoms with E-state index in [1.165, 1.54) is 49.1 Å². The second kappa shape index (κ2) is 7.44. The van der Waals surface area contributed by atoms with Crippen molar-refractivity contribution < 1.29 is 0 Å². The van der Waals surface area contributed by atoms with Crippen molar-refractivity contribution in [2.45, 2.75) is 85.2 Å². The summed E-state index contributed by atoms with van der Waals surface area (Å²) >= 11 is 0. The van der Waals surface area contributed by atoms with Crippen molar-refractivity contribution in [3.63, 3.8) is 0 Å². The topological polar surface area (TPSA) is 29.9 Å². The predicted molar refractivity (Wildman–Crippen MR) is 89.8 cm³/mol. The molecule has 0 bridgehead atoms. The van der Waals surface area contributed by atoms with Crippen LogP contribution in [0.25, 0.3) is 0 Å². The van der Waals surface area contributed by atoms with Crippen LogP contribution in [0.1, 0.15) is 75.9 Å². The zero-order valence-electron chi connectivity index (χ0n) is 14.6. The molecule has 2 rings (SSSR count). The summed E-state index contributed by atoms with van der Waals surface area (Å²) < 4.78 is 2.35. The molecule has 0 amide bonds. The van der Waals surface area contributed by atoms with E-state index in [9.17, 15) is 0 Å². The third kappa shape index (κ3) is 3.50. The normalized spacial score (nSPS) is 26.2. The van der Waals surface area contributed by atoms with Gasteiger partial charge in [-0.3, -0.25) is 4.68 Å². The summed E-state index contributed by atoms with van der Waals surface area (Å²) in [7, 11) is 0. The van der Waals surface area contributed by atoms with Gasteiger partial charge in [-0.25, -0.2) is 0 Å². The lowest BCUT2D eigenvalue weighted by molar-refractivity contribution is 0.188. The van der Waals surface area contributed by atoms with Crippen LogP contribution in [0.4, 0.5) is 0 Å². The average Bonchev–Trinajstić information content (AvgIpc) is 2.79.